The van der Waals surface area contributed by atoms with Crippen molar-refractivity contribution in [2.75, 3.05) is 5.32 Å². The number of pyridine rings is 1. The summed E-state index contributed by atoms with van der Waals surface area (Å²) in [5.41, 5.74) is 1.47. The van der Waals surface area contributed by atoms with Crippen LogP contribution < -0.4 is 5.32 Å². The molecule has 7 heteroatoms. The minimum absolute atomic E-state index is 0.0977. The number of rotatable bonds is 6. The Bertz CT molecular complexity index is 1020. The van der Waals surface area contributed by atoms with Crippen molar-refractivity contribution < 1.29 is 14.3 Å². The van der Waals surface area contributed by atoms with E-state index < -0.39 is 18.0 Å². The first-order valence-electron chi connectivity index (χ1n) is 9.03. The fourth-order valence-electron chi connectivity index (χ4n) is 2.65. The third-order valence-corrected chi connectivity index (χ3v) is 4.08. The normalized spacial score (nSPS) is 12.4. The van der Waals surface area contributed by atoms with Crippen LogP contribution in [0.5, 0.6) is 0 Å². The van der Waals surface area contributed by atoms with Gasteiger partial charge >= 0.3 is 5.97 Å². The number of benzene rings is 1. The second kappa shape index (κ2) is 8.47. The van der Waals surface area contributed by atoms with E-state index in [9.17, 15) is 9.59 Å². The highest BCUT2D eigenvalue weighted by Gasteiger charge is 2.18. The van der Waals surface area contributed by atoms with E-state index in [1.807, 2.05) is 50.2 Å². The molecular weight excluding hydrogens is 356 g/mol. The van der Waals surface area contributed by atoms with Crippen molar-refractivity contribution in [3.8, 4) is 0 Å². The van der Waals surface area contributed by atoms with Gasteiger partial charge in [0, 0.05) is 23.6 Å². The Kier molecular flexibility index (Phi) is 5.84. The number of esters is 1. The first kappa shape index (κ1) is 19.3. The van der Waals surface area contributed by atoms with Crippen molar-refractivity contribution in [2.24, 2.45) is 0 Å². The molecule has 0 aliphatic heterocycles. The molecule has 1 atom stereocenters. The summed E-state index contributed by atoms with van der Waals surface area (Å²) >= 11 is 0. The zero-order valence-electron chi connectivity index (χ0n) is 16.0. The molecule has 144 valence electrons. The summed E-state index contributed by atoms with van der Waals surface area (Å²) in [6.45, 7) is 5.43. The molecule has 0 spiro atoms. The quantitative estimate of drug-likeness (QED) is 0.523. The summed E-state index contributed by atoms with van der Waals surface area (Å²) in [4.78, 5) is 28.8. The first-order chi connectivity index (χ1) is 13.4. The number of nitrogens with one attached hydrogen (secondary N) is 1. The number of ether oxygens (including phenoxy) is 1. The fourth-order valence-corrected chi connectivity index (χ4v) is 2.65. The predicted molar refractivity (Wildman–Crippen MR) is 108 cm³/mol. The molecular formula is C21H22N4O3. The molecule has 1 amide bonds. The average Bonchev–Trinajstić information content (AvgIpc) is 3.14. The van der Waals surface area contributed by atoms with Crippen molar-refractivity contribution in [3.05, 3.63) is 60.4 Å². The third kappa shape index (κ3) is 4.62. The van der Waals surface area contributed by atoms with Gasteiger partial charge in [0.25, 0.3) is 5.91 Å². The monoisotopic (exact) mass is 378 g/mol. The average molecular weight is 378 g/mol. The first-order valence-corrected chi connectivity index (χ1v) is 9.03. The summed E-state index contributed by atoms with van der Waals surface area (Å²) in [6, 6.07) is 13.3. The lowest BCUT2D eigenvalue weighted by atomic mass is 10.2. The molecule has 0 fully saturated rings. The second-order valence-electron chi connectivity index (χ2n) is 6.59. The molecule has 1 N–H and O–H groups in total. The zero-order valence-corrected chi connectivity index (χ0v) is 16.0. The van der Waals surface area contributed by atoms with Crippen molar-refractivity contribution in [2.45, 2.75) is 32.9 Å². The molecule has 3 aromatic rings. The number of hydrogen-bond acceptors (Lipinski definition) is 5. The summed E-state index contributed by atoms with van der Waals surface area (Å²) in [5, 5.41) is 7.89. The molecule has 0 radical (unpaired) electrons. The van der Waals surface area contributed by atoms with Crippen LogP contribution in [0.15, 0.2) is 54.7 Å². The van der Waals surface area contributed by atoms with Gasteiger partial charge < -0.3 is 10.1 Å². The van der Waals surface area contributed by atoms with E-state index in [1.165, 1.54) is 13.0 Å². The Morgan fingerprint density at radius 3 is 2.68 bits per heavy atom. The highest BCUT2D eigenvalue weighted by Crippen LogP contribution is 2.14. The van der Waals surface area contributed by atoms with Gasteiger partial charge in [0.1, 0.15) is 5.82 Å². The van der Waals surface area contributed by atoms with Crippen molar-refractivity contribution in [1.29, 1.82) is 0 Å². The number of amides is 1. The van der Waals surface area contributed by atoms with Gasteiger partial charge in [-0.25, -0.2) is 14.5 Å². The number of anilines is 1. The van der Waals surface area contributed by atoms with Crippen LogP contribution in [-0.4, -0.2) is 32.7 Å². The number of fused-ring (bicyclic) bond motifs is 1. The molecule has 28 heavy (non-hydrogen) atoms. The van der Waals surface area contributed by atoms with Gasteiger partial charge in [0.2, 0.25) is 0 Å². The number of carbonyl (C=O) groups excluding carboxylic acids is 2. The Labute approximate surface area is 163 Å². The highest BCUT2D eigenvalue weighted by atomic mass is 16.5. The molecule has 2 heterocycles. The molecule has 1 unspecified atom stereocenters. The van der Waals surface area contributed by atoms with Gasteiger partial charge in [-0.15, -0.1) is 0 Å². The summed E-state index contributed by atoms with van der Waals surface area (Å²) in [5.74, 6) is -0.484. The Hall–Kier alpha value is -3.48. The highest BCUT2D eigenvalue weighted by molar-refractivity contribution is 5.96. The maximum absolute atomic E-state index is 12.3. The smallest absolute Gasteiger partial charge is 0.331 e. The van der Waals surface area contributed by atoms with Crippen molar-refractivity contribution >= 4 is 34.7 Å². The topological polar surface area (TPSA) is 86.1 Å². The molecule has 1 aromatic carbocycles. The number of carbonyl (C=O) groups is 2. The molecule has 0 saturated heterocycles. The molecule has 7 nitrogen and oxygen atoms in total. The molecule has 3 rings (SSSR count). The van der Waals surface area contributed by atoms with Gasteiger partial charge in [-0.1, -0.05) is 24.3 Å². The van der Waals surface area contributed by atoms with Gasteiger partial charge in [-0.05, 0) is 39.0 Å². The lowest BCUT2D eigenvalue weighted by molar-refractivity contribution is -0.148. The molecule has 0 aliphatic rings. The van der Waals surface area contributed by atoms with E-state index in [2.05, 4.69) is 15.4 Å². The second-order valence-corrected chi connectivity index (χ2v) is 6.59. The lowest BCUT2D eigenvalue weighted by Gasteiger charge is -2.15. The van der Waals surface area contributed by atoms with Crippen molar-refractivity contribution in [1.82, 2.24) is 14.8 Å². The van der Waals surface area contributed by atoms with Crippen LogP contribution in [0.1, 0.15) is 32.5 Å². The van der Waals surface area contributed by atoms with E-state index in [1.54, 1.807) is 23.0 Å². The zero-order chi connectivity index (χ0) is 20.1. The van der Waals surface area contributed by atoms with E-state index >= 15 is 0 Å². The third-order valence-electron chi connectivity index (χ3n) is 4.08. The van der Waals surface area contributed by atoms with Crippen LogP contribution in [0, 0.1) is 0 Å². The molecule has 0 saturated carbocycles. The van der Waals surface area contributed by atoms with E-state index in [0.29, 0.717) is 11.5 Å². The Morgan fingerprint density at radius 1 is 1.11 bits per heavy atom. The largest absolute Gasteiger partial charge is 0.449 e. The molecule has 0 bridgehead atoms. The minimum Gasteiger partial charge on any atom is -0.449 e. The van der Waals surface area contributed by atoms with Crippen LogP contribution >= 0.6 is 0 Å². The van der Waals surface area contributed by atoms with Gasteiger partial charge in [-0.3, -0.25) is 4.79 Å². The Morgan fingerprint density at radius 2 is 1.89 bits per heavy atom. The summed E-state index contributed by atoms with van der Waals surface area (Å²) < 4.78 is 6.85. The SMILES string of the molecule is CC(OC(=O)/C=C/c1ccc2ccccc2n1)C(=O)Nc1ccnn1C(C)C. The lowest BCUT2D eigenvalue weighted by Crippen LogP contribution is -2.30. The van der Waals surface area contributed by atoms with E-state index in [0.717, 1.165) is 10.9 Å². The van der Waals surface area contributed by atoms with Crippen LogP contribution in [-0.2, 0) is 14.3 Å². The summed E-state index contributed by atoms with van der Waals surface area (Å²) in [7, 11) is 0. The maximum Gasteiger partial charge on any atom is 0.331 e. The fraction of sp³-hybridized carbons (Fsp3) is 0.238. The van der Waals surface area contributed by atoms with Gasteiger partial charge in [0.05, 0.1) is 17.4 Å². The van der Waals surface area contributed by atoms with Crippen LogP contribution in [0.25, 0.3) is 17.0 Å². The number of para-hydroxylation sites is 1. The molecule has 0 aliphatic carbocycles. The minimum atomic E-state index is -0.947. The van der Waals surface area contributed by atoms with Gasteiger partial charge in [-0.2, -0.15) is 5.10 Å². The van der Waals surface area contributed by atoms with Crippen LogP contribution in [0.4, 0.5) is 5.82 Å². The van der Waals surface area contributed by atoms with Crippen LogP contribution in [0.3, 0.4) is 0 Å². The van der Waals surface area contributed by atoms with Crippen molar-refractivity contribution in [3.63, 3.8) is 0 Å². The van der Waals surface area contributed by atoms with Gasteiger partial charge in [0.15, 0.2) is 6.10 Å². The van der Waals surface area contributed by atoms with E-state index in [4.69, 9.17) is 4.74 Å². The standard InChI is InChI=1S/C21H22N4O3/c1-14(2)25-19(12-13-22-25)24-21(27)15(3)28-20(26)11-10-17-9-8-16-6-4-5-7-18(16)23-17/h4-15H,1-3H3,(H,24,27)/b11-10+. The predicted octanol–water partition coefficient (Wildman–Crippen LogP) is 3.60. The number of aromatic nitrogens is 3. The van der Waals surface area contributed by atoms with Crippen LogP contribution in [0.2, 0.25) is 0 Å². The Balaban J connectivity index is 1.59. The number of hydrogen-bond donors (Lipinski definition) is 1. The molecule has 2 aromatic heterocycles. The summed E-state index contributed by atoms with van der Waals surface area (Å²) in [6.07, 6.45) is 3.48. The maximum atomic E-state index is 12.3. The number of nitrogens with zero attached hydrogens (tertiary/aromatic N) is 3. The van der Waals surface area contributed by atoms with E-state index in [-0.39, 0.29) is 6.04 Å².